The number of allylic oxidation sites excluding steroid dienone is 4. The molecule has 1 aromatic rings. The molecule has 0 nitrogen and oxygen atoms in total. The van der Waals surface area contributed by atoms with E-state index >= 15 is 0 Å². The average Bonchev–Trinajstić information content (AvgIpc) is 2.85. The van der Waals surface area contributed by atoms with Gasteiger partial charge in [0.1, 0.15) is 7.28 Å². The molecule has 0 fully saturated rings. The largest absolute Gasteiger partial charge is 0.358 e. The van der Waals surface area contributed by atoms with Gasteiger partial charge in [-0.15, -0.1) is 56.0 Å². The molecule has 0 bridgehead atoms. The van der Waals surface area contributed by atoms with E-state index in [0.29, 0.717) is 0 Å². The molecule has 2 rings (SSSR count). The maximum Gasteiger partial charge on any atom is 0.102 e. The normalized spacial score (nSPS) is 6.82. The molecule has 137 valence electrons. The predicted octanol–water partition coefficient (Wildman–Crippen LogP) is 7.10. The summed E-state index contributed by atoms with van der Waals surface area (Å²) in [6.45, 7) is 4.00. The van der Waals surface area contributed by atoms with E-state index in [2.05, 4.69) is 23.7 Å². The Kier molecular flexibility index (Phi) is 200. The van der Waals surface area contributed by atoms with Crippen LogP contribution in [0.5, 0.6) is 0 Å². The molecule has 1 atom stereocenters. The van der Waals surface area contributed by atoms with Gasteiger partial charge in [0.25, 0.3) is 0 Å². The fraction of sp³-hybridized carbons (Fsp3) is 0.200. The van der Waals surface area contributed by atoms with Gasteiger partial charge in [-0.05, 0) is 0 Å². The van der Waals surface area contributed by atoms with Crippen molar-refractivity contribution in [2.75, 3.05) is 0 Å². The van der Waals surface area contributed by atoms with Crippen molar-refractivity contribution >= 4 is 65.1 Å². The van der Waals surface area contributed by atoms with Crippen molar-refractivity contribution in [3.05, 3.63) is 77.7 Å². The first-order valence-electron chi connectivity index (χ1n) is 4.37. The molecule has 0 aliphatic heterocycles. The first-order chi connectivity index (χ1) is 6.41. The van der Waals surface area contributed by atoms with Crippen LogP contribution in [0.25, 0.3) is 0 Å². The SMILES string of the molecule is C[B]C.Cl.Cl.Cl.Cl.[C-]1=CC=CC1.[CH3-].[CH3-].[CH3-].[CH3-].[Ti].[c-]1ccc[pH]1. The van der Waals surface area contributed by atoms with E-state index in [-0.39, 0.29) is 101 Å². The van der Waals surface area contributed by atoms with Gasteiger partial charge in [0.15, 0.2) is 0 Å². The summed E-state index contributed by atoms with van der Waals surface area (Å²) in [5.41, 5.74) is 0. The van der Waals surface area contributed by atoms with Crippen LogP contribution < -0.4 is 0 Å². The smallest absolute Gasteiger partial charge is 0.102 e. The molecular formula is C15H31BCl4PTi-6. The predicted molar refractivity (Wildman–Crippen MR) is 118 cm³/mol. The third-order valence-electron chi connectivity index (χ3n) is 1.03. The summed E-state index contributed by atoms with van der Waals surface area (Å²) in [5, 5.41) is 0. The summed E-state index contributed by atoms with van der Waals surface area (Å²) < 4.78 is 0. The van der Waals surface area contributed by atoms with Gasteiger partial charge in [-0.3, -0.25) is 14.3 Å². The van der Waals surface area contributed by atoms with E-state index in [1.165, 1.54) is 0 Å². The van der Waals surface area contributed by atoms with E-state index in [0.717, 1.165) is 14.6 Å². The summed E-state index contributed by atoms with van der Waals surface area (Å²) in [6, 6.07) is 3.96. The van der Waals surface area contributed by atoms with Crippen LogP contribution in [0.2, 0.25) is 13.6 Å². The molecule has 22 heavy (non-hydrogen) atoms. The third kappa shape index (κ3) is 69.0. The quantitative estimate of drug-likeness (QED) is 0.297. The first kappa shape index (κ1) is 65.6. The number of rotatable bonds is 0. The van der Waals surface area contributed by atoms with E-state index in [1.54, 1.807) is 0 Å². The molecule has 0 spiro atoms. The molecule has 0 amide bonds. The Hall–Kier alpha value is 1.20. The zero-order chi connectivity index (χ0) is 9.78. The van der Waals surface area contributed by atoms with Crippen LogP contribution in [0.3, 0.4) is 0 Å². The Morgan fingerprint density at radius 3 is 1.50 bits per heavy atom. The third-order valence-corrected chi connectivity index (χ3v) is 1.72. The maximum absolute atomic E-state index is 3.01. The van der Waals surface area contributed by atoms with E-state index in [9.17, 15) is 0 Å². The van der Waals surface area contributed by atoms with Gasteiger partial charge in [-0.25, -0.2) is 18.2 Å². The molecule has 1 radical (unpaired) electrons. The second kappa shape index (κ2) is 67.0. The van der Waals surface area contributed by atoms with Crippen molar-refractivity contribution in [1.82, 2.24) is 0 Å². The zero-order valence-electron chi connectivity index (χ0n) is 14.4. The molecule has 0 N–H and O–H groups in total. The van der Waals surface area contributed by atoms with Gasteiger partial charge in [0, 0.05) is 21.7 Å². The molecule has 7 heteroatoms. The van der Waals surface area contributed by atoms with Crippen molar-refractivity contribution in [2.45, 2.75) is 20.1 Å². The Bertz CT molecular complexity index is 206. The van der Waals surface area contributed by atoms with Crippen LogP contribution in [0.1, 0.15) is 6.42 Å². The minimum absolute atomic E-state index is 0. The van der Waals surface area contributed by atoms with Gasteiger partial charge >= 0.3 is 0 Å². The van der Waals surface area contributed by atoms with Crippen LogP contribution in [0, 0.1) is 41.6 Å². The zero-order valence-corrected chi connectivity index (χ0v) is 20.2. The number of halogens is 4. The minimum atomic E-state index is 0. The van der Waals surface area contributed by atoms with Gasteiger partial charge in [0.05, 0.1) is 0 Å². The molecule has 0 saturated carbocycles. The fourth-order valence-electron chi connectivity index (χ4n) is 0.581. The fourth-order valence-corrected chi connectivity index (χ4v) is 1.06. The van der Waals surface area contributed by atoms with Crippen LogP contribution >= 0.6 is 57.8 Å². The number of hydrogen-bond donors (Lipinski definition) is 0. The Morgan fingerprint density at radius 1 is 0.955 bits per heavy atom. The monoisotopic (exact) mass is 441 g/mol. The Balaban J connectivity index is -0.0000000104. The second-order valence-electron chi connectivity index (χ2n) is 2.39. The minimum Gasteiger partial charge on any atom is -0.358 e. The van der Waals surface area contributed by atoms with Crippen LogP contribution in [0.4, 0.5) is 0 Å². The first-order valence-corrected chi connectivity index (χ1v) is 5.44. The Labute approximate surface area is 183 Å². The van der Waals surface area contributed by atoms with Crippen LogP contribution in [0.15, 0.2) is 36.2 Å². The van der Waals surface area contributed by atoms with Gasteiger partial charge in [-0.1, -0.05) is 13.6 Å². The average molecular weight is 443 g/mol. The van der Waals surface area contributed by atoms with Crippen LogP contribution in [-0.4, -0.2) is 7.28 Å². The second-order valence-corrected chi connectivity index (χ2v) is 3.31. The van der Waals surface area contributed by atoms with Gasteiger partial charge < -0.3 is 29.7 Å². The van der Waals surface area contributed by atoms with Crippen molar-refractivity contribution in [1.29, 1.82) is 0 Å². The maximum atomic E-state index is 3.01. The molecule has 1 aliphatic carbocycles. The Morgan fingerprint density at radius 2 is 1.41 bits per heavy atom. The van der Waals surface area contributed by atoms with Crippen molar-refractivity contribution < 1.29 is 21.7 Å². The standard InChI is InChI=1S/C5H5.C4H4P.C2H6B.4CH3.4ClH.Ti/c2*1-2-4-5-3-1;1-3-2;;;;;;;;;/h1-3H,4H2;1-3,5H;1-2H3;4*1H3;4*1H;/q2*-1;;4*-1;;;;;. The molecule has 1 aromatic heterocycles. The van der Waals surface area contributed by atoms with Crippen molar-refractivity contribution in [3.63, 3.8) is 0 Å². The molecule has 0 saturated heterocycles. The van der Waals surface area contributed by atoms with E-state index in [4.69, 9.17) is 0 Å². The molecule has 1 unspecified atom stereocenters. The topological polar surface area (TPSA) is 0 Å². The number of hydrogen-bond acceptors (Lipinski definition) is 0. The van der Waals surface area contributed by atoms with Crippen molar-refractivity contribution in [3.8, 4) is 0 Å². The summed E-state index contributed by atoms with van der Waals surface area (Å²) in [4.78, 5) is 0. The summed E-state index contributed by atoms with van der Waals surface area (Å²) in [6.07, 6.45) is 10.0. The van der Waals surface area contributed by atoms with E-state index < -0.39 is 0 Å². The van der Waals surface area contributed by atoms with Gasteiger partial charge in [-0.2, -0.15) is 23.7 Å². The molecular weight excluding hydrogens is 412 g/mol. The molecule has 1 heterocycles. The summed E-state index contributed by atoms with van der Waals surface area (Å²) in [5.74, 6) is 5.11. The summed E-state index contributed by atoms with van der Waals surface area (Å²) in [7, 11) is 2.82. The van der Waals surface area contributed by atoms with E-state index in [1.807, 2.05) is 45.2 Å². The summed E-state index contributed by atoms with van der Waals surface area (Å²) >= 11 is 0. The molecule has 0 aromatic carbocycles. The van der Waals surface area contributed by atoms with Crippen LogP contribution in [-0.2, 0) is 21.7 Å². The molecule has 1 aliphatic rings. The van der Waals surface area contributed by atoms with Gasteiger partial charge in [0.2, 0.25) is 0 Å². The van der Waals surface area contributed by atoms with Crippen molar-refractivity contribution in [2.24, 2.45) is 0 Å².